The first-order valence-corrected chi connectivity index (χ1v) is 7.34. The van der Waals surface area contributed by atoms with Crippen LogP contribution in [0.15, 0.2) is 0 Å². The zero-order valence-electron chi connectivity index (χ0n) is 10.6. The van der Waals surface area contributed by atoms with Gasteiger partial charge in [-0.15, -0.1) is 0 Å². The van der Waals surface area contributed by atoms with Crippen LogP contribution in [-0.2, 0) is 4.79 Å². The minimum atomic E-state index is 0.328. The fourth-order valence-electron chi connectivity index (χ4n) is 3.94. The molecule has 1 amide bonds. The van der Waals surface area contributed by atoms with Crippen molar-refractivity contribution in [1.82, 2.24) is 10.6 Å². The van der Waals surface area contributed by atoms with Gasteiger partial charge in [0.1, 0.15) is 0 Å². The maximum absolute atomic E-state index is 12.1. The van der Waals surface area contributed by atoms with Gasteiger partial charge in [-0.3, -0.25) is 4.79 Å². The van der Waals surface area contributed by atoms with Crippen LogP contribution in [0.1, 0.15) is 44.9 Å². The van der Waals surface area contributed by atoms with Crippen molar-refractivity contribution in [1.29, 1.82) is 0 Å². The second-order valence-corrected chi connectivity index (χ2v) is 6.18. The molecule has 3 fully saturated rings. The van der Waals surface area contributed by atoms with Gasteiger partial charge in [0.2, 0.25) is 5.91 Å². The van der Waals surface area contributed by atoms with Gasteiger partial charge >= 0.3 is 0 Å². The molecule has 0 aromatic carbocycles. The van der Waals surface area contributed by atoms with Crippen molar-refractivity contribution in [2.45, 2.75) is 51.0 Å². The molecule has 0 aromatic heterocycles. The van der Waals surface area contributed by atoms with E-state index < -0.39 is 0 Å². The lowest BCUT2D eigenvalue weighted by Crippen LogP contribution is -2.42. The molecule has 0 aromatic rings. The Kier molecular flexibility index (Phi) is 3.37. The highest BCUT2D eigenvalue weighted by Crippen LogP contribution is 2.33. The molecule has 3 aliphatic rings. The fourth-order valence-corrected chi connectivity index (χ4v) is 3.94. The van der Waals surface area contributed by atoms with Gasteiger partial charge in [0.25, 0.3) is 0 Å². The van der Waals surface area contributed by atoms with Gasteiger partial charge in [-0.05, 0) is 57.0 Å². The molecule has 0 radical (unpaired) electrons. The number of hydrogen-bond acceptors (Lipinski definition) is 2. The van der Waals surface area contributed by atoms with Crippen LogP contribution in [0.25, 0.3) is 0 Å². The molecule has 17 heavy (non-hydrogen) atoms. The van der Waals surface area contributed by atoms with Gasteiger partial charge < -0.3 is 10.6 Å². The van der Waals surface area contributed by atoms with Crippen LogP contribution in [0.3, 0.4) is 0 Å². The standard InChI is InChI=1S/C14H24N2O/c17-14(10-3-1-2-4-10)16-13-6-5-11-8-15-9-12(11)7-13/h10-13,15H,1-9H2,(H,16,17)/t11-,12+,13?/m0/s1. The topological polar surface area (TPSA) is 41.1 Å². The third-order valence-corrected chi connectivity index (χ3v) is 5.03. The van der Waals surface area contributed by atoms with Crippen molar-refractivity contribution in [2.24, 2.45) is 17.8 Å². The predicted molar refractivity (Wildman–Crippen MR) is 67.6 cm³/mol. The Balaban J connectivity index is 1.50. The zero-order valence-corrected chi connectivity index (χ0v) is 10.6. The van der Waals surface area contributed by atoms with Gasteiger partial charge in [0.05, 0.1) is 0 Å². The summed E-state index contributed by atoms with van der Waals surface area (Å²) >= 11 is 0. The lowest BCUT2D eigenvalue weighted by Gasteiger charge is -2.32. The van der Waals surface area contributed by atoms with Gasteiger partial charge in [0.15, 0.2) is 0 Å². The number of fused-ring (bicyclic) bond motifs is 1. The minimum absolute atomic E-state index is 0.328. The number of amides is 1. The summed E-state index contributed by atoms with van der Waals surface area (Å²) in [6, 6.07) is 0.462. The Morgan fingerprint density at radius 2 is 1.76 bits per heavy atom. The lowest BCUT2D eigenvalue weighted by atomic mass is 9.79. The highest BCUT2D eigenvalue weighted by Gasteiger charge is 2.35. The lowest BCUT2D eigenvalue weighted by molar-refractivity contribution is -0.125. The van der Waals surface area contributed by atoms with Crippen LogP contribution in [0.4, 0.5) is 0 Å². The summed E-state index contributed by atoms with van der Waals surface area (Å²) in [5.74, 6) is 2.37. The molecule has 1 aliphatic heterocycles. The molecule has 3 nitrogen and oxygen atoms in total. The average Bonchev–Trinajstić information content (AvgIpc) is 2.99. The molecule has 96 valence electrons. The first-order valence-electron chi connectivity index (χ1n) is 7.34. The van der Waals surface area contributed by atoms with Crippen LogP contribution in [0, 0.1) is 17.8 Å². The van der Waals surface area contributed by atoms with E-state index in [1.54, 1.807) is 0 Å². The SMILES string of the molecule is O=C(NC1CC[C@H]2CNC[C@H]2C1)C1CCCC1. The van der Waals surface area contributed by atoms with Crippen molar-refractivity contribution in [3.63, 3.8) is 0 Å². The number of nitrogens with one attached hydrogen (secondary N) is 2. The van der Waals surface area contributed by atoms with E-state index >= 15 is 0 Å². The summed E-state index contributed by atoms with van der Waals surface area (Å²) in [5.41, 5.74) is 0. The molecule has 3 atom stereocenters. The summed E-state index contributed by atoms with van der Waals surface area (Å²) in [4.78, 5) is 12.1. The third kappa shape index (κ3) is 2.49. The summed E-state index contributed by atoms with van der Waals surface area (Å²) in [6.45, 7) is 2.37. The smallest absolute Gasteiger partial charge is 0.223 e. The molecule has 0 bridgehead atoms. The Bertz CT molecular complexity index is 286. The van der Waals surface area contributed by atoms with E-state index in [1.165, 1.54) is 45.2 Å². The van der Waals surface area contributed by atoms with E-state index in [4.69, 9.17) is 0 Å². The maximum Gasteiger partial charge on any atom is 0.223 e. The summed E-state index contributed by atoms with van der Waals surface area (Å²) in [5, 5.41) is 6.79. The minimum Gasteiger partial charge on any atom is -0.353 e. The van der Waals surface area contributed by atoms with Crippen molar-refractivity contribution in [2.75, 3.05) is 13.1 Å². The van der Waals surface area contributed by atoms with E-state index in [2.05, 4.69) is 10.6 Å². The molecule has 1 saturated heterocycles. The van der Waals surface area contributed by atoms with Crippen LogP contribution in [0.5, 0.6) is 0 Å². The van der Waals surface area contributed by atoms with E-state index in [0.29, 0.717) is 17.9 Å². The third-order valence-electron chi connectivity index (χ3n) is 5.03. The number of carbonyl (C=O) groups is 1. The first-order chi connectivity index (χ1) is 8.33. The summed E-state index contributed by atoms with van der Waals surface area (Å²) in [7, 11) is 0. The van der Waals surface area contributed by atoms with Crippen molar-refractivity contribution in [3.8, 4) is 0 Å². The van der Waals surface area contributed by atoms with E-state index in [-0.39, 0.29) is 0 Å². The van der Waals surface area contributed by atoms with E-state index in [0.717, 1.165) is 24.7 Å². The highest BCUT2D eigenvalue weighted by molar-refractivity contribution is 5.79. The largest absolute Gasteiger partial charge is 0.353 e. The molecule has 0 spiro atoms. The van der Waals surface area contributed by atoms with E-state index in [9.17, 15) is 4.79 Å². The van der Waals surface area contributed by atoms with Gasteiger partial charge in [-0.2, -0.15) is 0 Å². The second-order valence-electron chi connectivity index (χ2n) is 6.18. The molecular weight excluding hydrogens is 212 g/mol. The fraction of sp³-hybridized carbons (Fsp3) is 0.929. The number of hydrogen-bond donors (Lipinski definition) is 2. The maximum atomic E-state index is 12.1. The second kappa shape index (κ2) is 4.97. The summed E-state index contributed by atoms with van der Waals surface area (Å²) in [6.07, 6.45) is 8.43. The van der Waals surface area contributed by atoms with Gasteiger partial charge in [-0.1, -0.05) is 12.8 Å². The first kappa shape index (κ1) is 11.5. The Hall–Kier alpha value is -0.570. The van der Waals surface area contributed by atoms with Gasteiger partial charge in [-0.25, -0.2) is 0 Å². The molecule has 2 N–H and O–H groups in total. The number of rotatable bonds is 2. The number of carbonyl (C=O) groups excluding carboxylic acids is 1. The van der Waals surface area contributed by atoms with Crippen molar-refractivity contribution in [3.05, 3.63) is 0 Å². The highest BCUT2D eigenvalue weighted by atomic mass is 16.1. The molecular formula is C14H24N2O. The monoisotopic (exact) mass is 236 g/mol. The zero-order chi connectivity index (χ0) is 11.7. The van der Waals surface area contributed by atoms with E-state index in [1.807, 2.05) is 0 Å². The van der Waals surface area contributed by atoms with Crippen molar-refractivity contribution < 1.29 is 4.79 Å². The molecule has 2 aliphatic carbocycles. The predicted octanol–water partition coefficient (Wildman–Crippen LogP) is 1.68. The molecule has 1 heterocycles. The van der Waals surface area contributed by atoms with Crippen LogP contribution in [0.2, 0.25) is 0 Å². The van der Waals surface area contributed by atoms with Crippen LogP contribution in [-0.4, -0.2) is 25.0 Å². The quantitative estimate of drug-likeness (QED) is 0.766. The molecule has 3 heteroatoms. The van der Waals surface area contributed by atoms with Crippen molar-refractivity contribution >= 4 is 5.91 Å². The average molecular weight is 236 g/mol. The summed E-state index contributed by atoms with van der Waals surface area (Å²) < 4.78 is 0. The van der Waals surface area contributed by atoms with Crippen LogP contribution >= 0.6 is 0 Å². The molecule has 1 unspecified atom stereocenters. The Morgan fingerprint density at radius 1 is 1.00 bits per heavy atom. The molecule has 3 rings (SSSR count). The Labute approximate surface area is 104 Å². The van der Waals surface area contributed by atoms with Gasteiger partial charge in [0, 0.05) is 12.0 Å². The van der Waals surface area contributed by atoms with Crippen LogP contribution < -0.4 is 10.6 Å². The Morgan fingerprint density at radius 3 is 2.59 bits per heavy atom. The normalized spacial score (nSPS) is 38.0. The molecule has 2 saturated carbocycles.